The van der Waals surface area contributed by atoms with Gasteiger partial charge in [0.15, 0.2) is 0 Å². The van der Waals surface area contributed by atoms with Crippen molar-refractivity contribution in [2.75, 3.05) is 24.4 Å². The number of hydrogen-bond donors (Lipinski definition) is 2. The summed E-state index contributed by atoms with van der Waals surface area (Å²) in [4.78, 5) is 23.4. The third-order valence-corrected chi connectivity index (χ3v) is 6.22. The van der Waals surface area contributed by atoms with Crippen LogP contribution in [0.4, 0.5) is 5.69 Å². The highest BCUT2D eigenvalue weighted by Gasteiger charge is 2.26. The number of carbonyl (C=O) groups is 1. The van der Waals surface area contributed by atoms with Gasteiger partial charge in [0.05, 0.1) is 30.0 Å². The number of nitrogens with zero attached hydrogens (tertiary/aromatic N) is 5. The van der Waals surface area contributed by atoms with Crippen LogP contribution < -0.4 is 15.2 Å². The molecular weight excluding hydrogens is 426 g/mol. The number of benzene rings is 1. The van der Waals surface area contributed by atoms with E-state index in [1.807, 2.05) is 23.1 Å². The number of ether oxygens (including phenoxy) is 1. The molecule has 0 bridgehead atoms. The average molecular weight is 450 g/mol. The zero-order chi connectivity index (χ0) is 21.9. The summed E-state index contributed by atoms with van der Waals surface area (Å²) >= 11 is 1.21. The highest BCUT2D eigenvalue weighted by molar-refractivity contribution is 7.99. The Kier molecular flexibility index (Phi) is 5.68. The van der Waals surface area contributed by atoms with Gasteiger partial charge in [-0.25, -0.2) is 9.97 Å². The van der Waals surface area contributed by atoms with Gasteiger partial charge < -0.3 is 20.1 Å². The summed E-state index contributed by atoms with van der Waals surface area (Å²) in [5, 5.41) is 0. The lowest BCUT2D eigenvalue weighted by atomic mass is 9.98. The van der Waals surface area contributed by atoms with E-state index >= 15 is 0 Å². The predicted octanol–water partition coefficient (Wildman–Crippen LogP) is 2.89. The van der Waals surface area contributed by atoms with E-state index in [-0.39, 0.29) is 11.8 Å². The van der Waals surface area contributed by atoms with Gasteiger partial charge in [-0.15, -0.1) is 0 Å². The first kappa shape index (κ1) is 20.4. The number of carbonyl (C=O) groups excluding carboxylic acids is 1. The molecule has 0 saturated carbocycles. The summed E-state index contributed by atoms with van der Waals surface area (Å²) in [6, 6.07) is 9.34. The lowest BCUT2D eigenvalue weighted by Crippen LogP contribution is -2.41. The van der Waals surface area contributed by atoms with Gasteiger partial charge in [0, 0.05) is 43.2 Å². The third kappa shape index (κ3) is 4.13. The second-order valence-electron chi connectivity index (χ2n) is 7.79. The molecule has 5 rings (SSSR count). The van der Waals surface area contributed by atoms with Crippen molar-refractivity contribution in [3.05, 3.63) is 66.4 Å². The highest BCUT2D eigenvalue weighted by Crippen LogP contribution is 2.32. The molecule has 32 heavy (non-hydrogen) atoms. The van der Waals surface area contributed by atoms with Crippen LogP contribution in [0.15, 0.2) is 59.6 Å². The number of nitrogens with two attached hydrogens (primary N) is 1. The second-order valence-corrected chi connectivity index (χ2v) is 8.36. The number of hydrogen-bond acceptors (Lipinski definition) is 8. The molecule has 164 valence electrons. The van der Waals surface area contributed by atoms with Crippen molar-refractivity contribution in [2.24, 2.45) is 16.0 Å². The van der Waals surface area contributed by atoms with Gasteiger partial charge in [-0.05, 0) is 37.1 Å². The number of aromatic nitrogens is 3. The number of nitrogens with one attached hydrogen (secondary N) is 1. The molecule has 10 heteroatoms. The van der Waals surface area contributed by atoms with Gasteiger partial charge >= 0.3 is 0 Å². The quantitative estimate of drug-likeness (QED) is 0.576. The Bertz CT molecular complexity index is 1150. The molecule has 1 amide bonds. The number of pyridine rings is 1. The van der Waals surface area contributed by atoms with Crippen LogP contribution in [0.5, 0.6) is 5.75 Å². The molecule has 0 aliphatic carbocycles. The average Bonchev–Trinajstić information content (AvgIpc) is 3.38. The monoisotopic (exact) mass is 449 g/mol. The Morgan fingerprint density at radius 3 is 3.12 bits per heavy atom. The molecule has 3 N–H and O–H groups in total. The topological polar surface area (TPSA) is 111 Å². The molecule has 2 aromatic heterocycles. The van der Waals surface area contributed by atoms with Gasteiger partial charge in [0.2, 0.25) is 0 Å². The maximum absolute atomic E-state index is 13.2. The Hall–Kier alpha value is -3.53. The molecule has 1 fully saturated rings. The Balaban J connectivity index is 1.25. The predicted molar refractivity (Wildman–Crippen MR) is 124 cm³/mol. The molecule has 0 spiro atoms. The van der Waals surface area contributed by atoms with E-state index in [1.165, 1.54) is 12.1 Å². The summed E-state index contributed by atoms with van der Waals surface area (Å²) < 4.78 is 15.2. The summed E-state index contributed by atoms with van der Waals surface area (Å²) in [6.07, 6.45) is 8.76. The molecule has 0 radical (unpaired) electrons. The molecular formula is C22H23N7O2S. The van der Waals surface area contributed by atoms with E-state index in [0.29, 0.717) is 36.1 Å². The van der Waals surface area contributed by atoms with Crippen LogP contribution in [-0.2, 0) is 0 Å². The maximum Gasteiger partial charge on any atom is 0.254 e. The van der Waals surface area contributed by atoms with Gasteiger partial charge in [-0.1, -0.05) is 6.07 Å². The number of amides is 1. The number of anilines is 1. The first-order chi connectivity index (χ1) is 15.7. The molecule has 3 aromatic rings. The molecule has 1 atom stereocenters. The maximum atomic E-state index is 13.2. The normalized spacial score (nSPS) is 17.8. The molecule has 2 aliphatic rings. The van der Waals surface area contributed by atoms with Crippen LogP contribution >= 0.6 is 12.1 Å². The van der Waals surface area contributed by atoms with Crippen molar-refractivity contribution >= 4 is 29.6 Å². The smallest absolute Gasteiger partial charge is 0.254 e. The van der Waals surface area contributed by atoms with E-state index in [1.54, 1.807) is 41.6 Å². The molecule has 1 saturated heterocycles. The van der Waals surface area contributed by atoms with Crippen molar-refractivity contribution in [1.29, 1.82) is 0 Å². The van der Waals surface area contributed by atoms with E-state index in [9.17, 15) is 4.79 Å². The van der Waals surface area contributed by atoms with Gasteiger partial charge in [0.25, 0.3) is 5.91 Å². The fourth-order valence-electron chi connectivity index (χ4n) is 4.03. The van der Waals surface area contributed by atoms with Crippen molar-refractivity contribution in [2.45, 2.75) is 12.8 Å². The van der Waals surface area contributed by atoms with Crippen LogP contribution in [-0.4, -0.2) is 50.9 Å². The number of fused-ring (bicyclic) bond motifs is 1. The molecule has 2 aliphatic heterocycles. The first-order valence-corrected chi connectivity index (χ1v) is 11.2. The van der Waals surface area contributed by atoms with E-state index in [4.69, 9.17) is 10.5 Å². The largest absolute Gasteiger partial charge is 0.492 e. The Labute approximate surface area is 190 Å². The second kappa shape index (κ2) is 8.91. The van der Waals surface area contributed by atoms with Crippen molar-refractivity contribution < 1.29 is 9.53 Å². The summed E-state index contributed by atoms with van der Waals surface area (Å²) in [5.74, 6) is 2.08. The minimum Gasteiger partial charge on any atom is -0.492 e. The SMILES string of the molecule is NC1=NSNc2cccc(OC[C@H]3CCCN(C(=O)c4ccnc(-n5ccnc5)c4)C3)c21. The van der Waals surface area contributed by atoms with Crippen molar-refractivity contribution in [1.82, 2.24) is 19.4 Å². The van der Waals surface area contributed by atoms with Gasteiger partial charge in [-0.3, -0.25) is 9.36 Å². The molecule has 4 heterocycles. The van der Waals surface area contributed by atoms with Crippen molar-refractivity contribution in [3.63, 3.8) is 0 Å². The molecule has 1 aromatic carbocycles. The van der Waals surface area contributed by atoms with Crippen LogP contribution in [0.3, 0.4) is 0 Å². The first-order valence-electron chi connectivity index (χ1n) is 10.4. The third-order valence-electron chi connectivity index (χ3n) is 5.62. The fourth-order valence-corrected chi connectivity index (χ4v) is 4.53. The number of rotatable bonds is 5. The zero-order valence-electron chi connectivity index (χ0n) is 17.3. The van der Waals surface area contributed by atoms with Crippen molar-refractivity contribution in [3.8, 4) is 11.6 Å². The van der Waals surface area contributed by atoms with Crippen LogP contribution in [0, 0.1) is 5.92 Å². The van der Waals surface area contributed by atoms with E-state index < -0.39 is 0 Å². The van der Waals surface area contributed by atoms with Crippen LogP contribution in [0.1, 0.15) is 28.8 Å². The standard InChI is InChI=1S/C22H23N7O2S/c23-21-20-17(26-32-27-21)4-1-5-18(20)31-13-15-3-2-9-28(12-15)22(30)16-6-7-25-19(11-16)29-10-8-24-14-29/h1,4-8,10-11,14-15,26H,2-3,9,12-13H2,(H2,23,27)/t15-/m0/s1. The lowest BCUT2D eigenvalue weighted by molar-refractivity contribution is 0.0633. The van der Waals surface area contributed by atoms with E-state index in [2.05, 4.69) is 19.1 Å². The van der Waals surface area contributed by atoms with E-state index in [0.717, 1.165) is 30.6 Å². The fraction of sp³-hybridized carbons (Fsp3) is 0.273. The lowest BCUT2D eigenvalue weighted by Gasteiger charge is -2.33. The molecule has 9 nitrogen and oxygen atoms in total. The van der Waals surface area contributed by atoms with Gasteiger partial charge in [-0.2, -0.15) is 4.40 Å². The van der Waals surface area contributed by atoms with Crippen LogP contribution in [0.2, 0.25) is 0 Å². The summed E-state index contributed by atoms with van der Waals surface area (Å²) in [7, 11) is 0. The highest BCUT2D eigenvalue weighted by atomic mass is 32.2. The summed E-state index contributed by atoms with van der Waals surface area (Å²) in [5.41, 5.74) is 8.38. The summed E-state index contributed by atoms with van der Waals surface area (Å²) in [6.45, 7) is 1.89. The Morgan fingerprint density at radius 2 is 2.25 bits per heavy atom. The minimum absolute atomic E-state index is 0.00755. The van der Waals surface area contributed by atoms with Crippen LogP contribution in [0.25, 0.3) is 5.82 Å². The number of imidazole rings is 1. The number of piperidine rings is 1. The van der Waals surface area contributed by atoms with Gasteiger partial charge in [0.1, 0.15) is 23.7 Å². The number of amidine groups is 1. The number of likely N-dealkylation sites (tertiary alicyclic amines) is 1. The molecule has 0 unspecified atom stereocenters. The Morgan fingerprint density at radius 1 is 1.31 bits per heavy atom. The zero-order valence-corrected chi connectivity index (χ0v) is 18.2. The minimum atomic E-state index is 0.00755.